The van der Waals surface area contributed by atoms with Gasteiger partial charge in [0.05, 0.1) is 17.6 Å². The highest BCUT2D eigenvalue weighted by molar-refractivity contribution is 7.09. The lowest BCUT2D eigenvalue weighted by molar-refractivity contribution is -0.136. The van der Waals surface area contributed by atoms with E-state index in [4.69, 9.17) is 5.11 Å². The Hall–Kier alpha value is -1.88. The van der Waals surface area contributed by atoms with Crippen LogP contribution >= 0.6 is 11.3 Å². The lowest BCUT2D eigenvalue weighted by Crippen LogP contribution is -2.28. The molecule has 1 aromatic heterocycles. The molecule has 0 bridgehead atoms. The van der Waals surface area contributed by atoms with Crippen molar-refractivity contribution >= 4 is 23.0 Å². The maximum absolute atomic E-state index is 10.8. The summed E-state index contributed by atoms with van der Waals surface area (Å²) in [7, 11) is 0. The third-order valence-electron chi connectivity index (χ3n) is 3.17. The zero-order valence-electron chi connectivity index (χ0n) is 11.5. The molecule has 0 saturated heterocycles. The highest BCUT2D eigenvalue weighted by Crippen LogP contribution is 2.17. The number of rotatable bonds is 7. The number of anilines is 1. The number of benzene rings is 1. The maximum Gasteiger partial charge on any atom is 0.305 e. The van der Waals surface area contributed by atoms with Crippen molar-refractivity contribution in [1.29, 1.82) is 0 Å². The van der Waals surface area contributed by atoms with E-state index in [0.29, 0.717) is 6.54 Å². The van der Waals surface area contributed by atoms with Gasteiger partial charge >= 0.3 is 5.97 Å². The summed E-state index contributed by atoms with van der Waals surface area (Å²) in [6.07, 6.45) is 1.04. The first kappa shape index (κ1) is 14.5. The molecular weight excluding hydrogens is 272 g/mol. The summed E-state index contributed by atoms with van der Waals surface area (Å²) >= 11 is 1.66. The lowest BCUT2D eigenvalue weighted by Gasteiger charge is -2.24. The minimum atomic E-state index is -0.764. The second kappa shape index (κ2) is 7.05. The maximum atomic E-state index is 10.8. The second-order valence-electron chi connectivity index (χ2n) is 4.58. The summed E-state index contributed by atoms with van der Waals surface area (Å²) in [5, 5.41) is 8.87. The molecule has 0 aliphatic heterocycles. The molecule has 106 valence electrons. The Bertz CT molecular complexity index is 554. The molecule has 0 radical (unpaired) electrons. The number of carbonyl (C=O) groups is 1. The van der Waals surface area contributed by atoms with Crippen molar-refractivity contribution in [3.63, 3.8) is 0 Å². The van der Waals surface area contributed by atoms with Crippen LogP contribution in [0.5, 0.6) is 0 Å². The Labute approximate surface area is 122 Å². The van der Waals surface area contributed by atoms with E-state index in [1.165, 1.54) is 4.88 Å². The third kappa shape index (κ3) is 4.06. The average Bonchev–Trinajstić information content (AvgIpc) is 2.85. The Kier molecular flexibility index (Phi) is 5.12. The van der Waals surface area contributed by atoms with Crippen LogP contribution in [0.3, 0.4) is 0 Å². The van der Waals surface area contributed by atoms with Crippen molar-refractivity contribution < 1.29 is 9.90 Å². The van der Waals surface area contributed by atoms with E-state index in [1.807, 2.05) is 42.8 Å². The van der Waals surface area contributed by atoms with E-state index in [0.717, 1.165) is 24.3 Å². The number of para-hydroxylation sites is 1. The number of aliphatic carboxylic acids is 1. The zero-order chi connectivity index (χ0) is 14.4. The van der Waals surface area contributed by atoms with Crippen LogP contribution in [-0.2, 0) is 11.2 Å². The number of aromatic nitrogens is 1. The molecule has 4 nitrogen and oxygen atoms in total. The van der Waals surface area contributed by atoms with Gasteiger partial charge in [-0.05, 0) is 19.1 Å². The van der Waals surface area contributed by atoms with E-state index in [1.54, 1.807) is 11.3 Å². The van der Waals surface area contributed by atoms with Crippen LogP contribution in [0.25, 0.3) is 0 Å². The standard InChI is InChI=1S/C15H18N2O2S/c1-12-14(20-11-16-12)7-9-17(10-8-15(18)19)13-5-3-2-4-6-13/h2-6,11H,7-10H2,1H3,(H,18,19). The van der Waals surface area contributed by atoms with Crippen LogP contribution in [0.4, 0.5) is 5.69 Å². The first-order chi connectivity index (χ1) is 9.66. The van der Waals surface area contributed by atoms with Gasteiger partial charge in [-0.2, -0.15) is 0 Å². The fourth-order valence-electron chi connectivity index (χ4n) is 2.04. The second-order valence-corrected chi connectivity index (χ2v) is 5.52. The van der Waals surface area contributed by atoms with Gasteiger partial charge in [0.2, 0.25) is 0 Å². The Morgan fingerprint density at radius 1 is 1.30 bits per heavy atom. The Morgan fingerprint density at radius 2 is 2.05 bits per heavy atom. The van der Waals surface area contributed by atoms with Gasteiger partial charge in [-0.1, -0.05) is 18.2 Å². The lowest BCUT2D eigenvalue weighted by atomic mass is 10.2. The molecule has 1 aromatic carbocycles. The molecule has 0 amide bonds. The van der Waals surface area contributed by atoms with Gasteiger partial charge in [0.25, 0.3) is 0 Å². The Morgan fingerprint density at radius 3 is 2.65 bits per heavy atom. The average molecular weight is 290 g/mol. The van der Waals surface area contributed by atoms with E-state index in [9.17, 15) is 4.79 Å². The number of carboxylic acids is 1. The SMILES string of the molecule is Cc1ncsc1CCN(CCC(=O)O)c1ccccc1. The van der Waals surface area contributed by atoms with Gasteiger partial charge in [0.1, 0.15) is 0 Å². The quantitative estimate of drug-likeness (QED) is 0.851. The highest BCUT2D eigenvalue weighted by atomic mass is 32.1. The van der Waals surface area contributed by atoms with Crippen molar-refractivity contribution in [3.05, 3.63) is 46.4 Å². The number of nitrogens with zero attached hydrogens (tertiary/aromatic N) is 2. The van der Waals surface area contributed by atoms with Crippen molar-refractivity contribution in [2.45, 2.75) is 19.8 Å². The van der Waals surface area contributed by atoms with Gasteiger partial charge in [-0.25, -0.2) is 4.98 Å². The predicted molar refractivity (Wildman–Crippen MR) is 81.5 cm³/mol. The van der Waals surface area contributed by atoms with E-state index in [-0.39, 0.29) is 6.42 Å². The topological polar surface area (TPSA) is 53.4 Å². The van der Waals surface area contributed by atoms with Crippen LogP contribution in [0, 0.1) is 6.92 Å². The number of hydrogen-bond acceptors (Lipinski definition) is 4. The molecule has 20 heavy (non-hydrogen) atoms. The fraction of sp³-hybridized carbons (Fsp3) is 0.333. The number of aryl methyl sites for hydroxylation is 1. The highest BCUT2D eigenvalue weighted by Gasteiger charge is 2.10. The smallest absolute Gasteiger partial charge is 0.305 e. The molecule has 1 N–H and O–H groups in total. The molecule has 2 rings (SSSR count). The first-order valence-electron chi connectivity index (χ1n) is 6.57. The van der Waals surface area contributed by atoms with Gasteiger partial charge in [0.15, 0.2) is 0 Å². The van der Waals surface area contributed by atoms with E-state index < -0.39 is 5.97 Å². The predicted octanol–water partition coefficient (Wildman–Crippen LogP) is 2.98. The van der Waals surface area contributed by atoms with Crippen LogP contribution in [0.15, 0.2) is 35.8 Å². The summed E-state index contributed by atoms with van der Waals surface area (Å²) < 4.78 is 0. The summed E-state index contributed by atoms with van der Waals surface area (Å²) in [5.41, 5.74) is 3.99. The summed E-state index contributed by atoms with van der Waals surface area (Å²) in [5.74, 6) is -0.764. The van der Waals surface area contributed by atoms with Gasteiger partial charge in [0, 0.05) is 30.1 Å². The zero-order valence-corrected chi connectivity index (χ0v) is 12.3. The van der Waals surface area contributed by atoms with Crippen LogP contribution in [0.1, 0.15) is 17.0 Å². The minimum Gasteiger partial charge on any atom is -0.481 e. The third-order valence-corrected chi connectivity index (χ3v) is 4.17. The van der Waals surface area contributed by atoms with Crippen molar-refractivity contribution in [3.8, 4) is 0 Å². The first-order valence-corrected chi connectivity index (χ1v) is 7.45. The molecular formula is C15H18N2O2S. The van der Waals surface area contributed by atoms with Crippen molar-refractivity contribution in [2.24, 2.45) is 0 Å². The van der Waals surface area contributed by atoms with Crippen LogP contribution in [0.2, 0.25) is 0 Å². The van der Waals surface area contributed by atoms with Crippen molar-refractivity contribution in [2.75, 3.05) is 18.0 Å². The minimum absolute atomic E-state index is 0.149. The normalized spacial score (nSPS) is 10.4. The molecule has 0 fully saturated rings. The monoisotopic (exact) mass is 290 g/mol. The summed E-state index contributed by atoms with van der Waals surface area (Å²) in [6, 6.07) is 9.94. The number of carboxylic acid groups (broad SMARTS) is 1. The molecule has 0 saturated carbocycles. The molecule has 2 aromatic rings. The molecule has 0 spiro atoms. The van der Waals surface area contributed by atoms with E-state index >= 15 is 0 Å². The number of thiazole rings is 1. The Balaban J connectivity index is 2.03. The largest absolute Gasteiger partial charge is 0.481 e. The van der Waals surface area contributed by atoms with Gasteiger partial charge in [-0.3, -0.25) is 4.79 Å². The van der Waals surface area contributed by atoms with Gasteiger partial charge in [-0.15, -0.1) is 11.3 Å². The van der Waals surface area contributed by atoms with Gasteiger partial charge < -0.3 is 10.0 Å². The van der Waals surface area contributed by atoms with Crippen molar-refractivity contribution in [1.82, 2.24) is 4.98 Å². The summed E-state index contributed by atoms with van der Waals surface area (Å²) in [4.78, 5) is 18.4. The molecule has 1 heterocycles. The molecule has 0 aliphatic carbocycles. The molecule has 5 heteroatoms. The molecule has 0 aliphatic rings. The number of hydrogen-bond donors (Lipinski definition) is 1. The van der Waals surface area contributed by atoms with E-state index in [2.05, 4.69) is 9.88 Å². The van der Waals surface area contributed by atoms with Crippen LogP contribution < -0.4 is 4.90 Å². The fourth-order valence-corrected chi connectivity index (χ4v) is 2.81. The molecule has 0 unspecified atom stereocenters. The molecule has 0 atom stereocenters. The van der Waals surface area contributed by atoms with Crippen LogP contribution in [-0.4, -0.2) is 29.1 Å². The summed E-state index contributed by atoms with van der Waals surface area (Å²) in [6.45, 7) is 3.34.